The number of rotatable bonds is 6. The van der Waals surface area contributed by atoms with E-state index in [1.54, 1.807) is 0 Å². The van der Waals surface area contributed by atoms with Crippen molar-refractivity contribution >= 4 is 11.8 Å². The van der Waals surface area contributed by atoms with Crippen LogP contribution in [0.2, 0.25) is 0 Å². The standard InChI is InChI=1S/C13H18N4OS/c1-4-5-14-6-11-7-15-12(16-8-11)19-13-17-9(2)10(3)18-13/h7-8,14H,4-6H2,1-3H3. The zero-order chi connectivity index (χ0) is 13.7. The van der Waals surface area contributed by atoms with Gasteiger partial charge in [-0.3, -0.25) is 0 Å². The Balaban J connectivity index is 1.94. The van der Waals surface area contributed by atoms with Crippen LogP contribution in [0, 0.1) is 13.8 Å². The maximum absolute atomic E-state index is 5.49. The average Bonchev–Trinajstić information content (AvgIpc) is 2.71. The van der Waals surface area contributed by atoms with Crippen molar-refractivity contribution in [2.45, 2.75) is 44.1 Å². The molecule has 0 aliphatic carbocycles. The minimum atomic E-state index is 0.590. The Labute approximate surface area is 117 Å². The zero-order valence-electron chi connectivity index (χ0n) is 11.4. The number of nitrogens with zero attached hydrogens (tertiary/aromatic N) is 3. The molecule has 0 unspecified atom stereocenters. The third-order valence-corrected chi connectivity index (χ3v) is 3.37. The van der Waals surface area contributed by atoms with Crippen LogP contribution in [-0.4, -0.2) is 21.5 Å². The van der Waals surface area contributed by atoms with Crippen molar-refractivity contribution in [2.24, 2.45) is 0 Å². The Morgan fingerprint density at radius 1 is 1.26 bits per heavy atom. The van der Waals surface area contributed by atoms with E-state index < -0.39 is 0 Å². The fourth-order valence-electron chi connectivity index (χ4n) is 1.46. The molecule has 0 spiro atoms. The first-order valence-corrected chi connectivity index (χ1v) is 7.14. The fourth-order valence-corrected chi connectivity index (χ4v) is 2.18. The lowest BCUT2D eigenvalue weighted by Crippen LogP contribution is -2.14. The van der Waals surface area contributed by atoms with E-state index >= 15 is 0 Å². The van der Waals surface area contributed by atoms with E-state index in [2.05, 4.69) is 27.2 Å². The Morgan fingerprint density at radius 2 is 2.00 bits per heavy atom. The maximum Gasteiger partial charge on any atom is 0.264 e. The van der Waals surface area contributed by atoms with Gasteiger partial charge in [-0.15, -0.1) is 0 Å². The van der Waals surface area contributed by atoms with Crippen molar-refractivity contribution in [3.05, 3.63) is 29.4 Å². The summed E-state index contributed by atoms with van der Waals surface area (Å²) in [6.07, 6.45) is 4.79. The Hall–Kier alpha value is -1.40. The molecule has 19 heavy (non-hydrogen) atoms. The first-order valence-electron chi connectivity index (χ1n) is 6.32. The van der Waals surface area contributed by atoms with Gasteiger partial charge in [-0.25, -0.2) is 15.0 Å². The van der Waals surface area contributed by atoms with Crippen molar-refractivity contribution < 1.29 is 4.42 Å². The molecular formula is C13H18N4OS. The third-order valence-electron chi connectivity index (χ3n) is 2.63. The lowest BCUT2D eigenvalue weighted by molar-refractivity contribution is 0.430. The molecule has 0 aromatic carbocycles. The minimum absolute atomic E-state index is 0.590. The Morgan fingerprint density at radius 3 is 2.58 bits per heavy atom. The number of aromatic nitrogens is 3. The van der Waals surface area contributed by atoms with Crippen LogP contribution in [0.3, 0.4) is 0 Å². The predicted octanol–water partition coefficient (Wildman–Crippen LogP) is 2.73. The summed E-state index contributed by atoms with van der Waals surface area (Å²) in [5.74, 6) is 0.836. The van der Waals surface area contributed by atoms with Crippen LogP contribution in [0.4, 0.5) is 0 Å². The van der Waals surface area contributed by atoms with Gasteiger partial charge in [0.2, 0.25) is 0 Å². The number of aryl methyl sites for hydroxylation is 2. The van der Waals surface area contributed by atoms with Crippen LogP contribution in [-0.2, 0) is 6.54 Å². The molecule has 0 amide bonds. The summed E-state index contributed by atoms with van der Waals surface area (Å²) in [7, 11) is 0. The van der Waals surface area contributed by atoms with Crippen LogP contribution in [0.1, 0.15) is 30.4 Å². The monoisotopic (exact) mass is 278 g/mol. The molecule has 0 saturated carbocycles. The van der Waals surface area contributed by atoms with E-state index in [1.807, 2.05) is 26.2 Å². The SMILES string of the molecule is CCCNCc1cnc(Sc2nc(C)c(C)o2)nc1. The van der Waals surface area contributed by atoms with Crippen molar-refractivity contribution in [1.82, 2.24) is 20.3 Å². The van der Waals surface area contributed by atoms with E-state index in [4.69, 9.17) is 4.42 Å². The predicted molar refractivity (Wildman–Crippen MR) is 74.1 cm³/mol. The van der Waals surface area contributed by atoms with Gasteiger partial charge in [0.25, 0.3) is 5.22 Å². The number of nitrogens with one attached hydrogen (secondary N) is 1. The molecule has 5 nitrogen and oxygen atoms in total. The van der Waals surface area contributed by atoms with Crippen LogP contribution in [0.25, 0.3) is 0 Å². The highest BCUT2D eigenvalue weighted by molar-refractivity contribution is 7.98. The van der Waals surface area contributed by atoms with E-state index in [9.17, 15) is 0 Å². The van der Waals surface area contributed by atoms with Crippen LogP contribution in [0.15, 0.2) is 27.2 Å². The molecule has 6 heteroatoms. The van der Waals surface area contributed by atoms with E-state index in [-0.39, 0.29) is 0 Å². The van der Waals surface area contributed by atoms with Crippen molar-refractivity contribution in [1.29, 1.82) is 0 Å². The first-order chi connectivity index (χ1) is 9.19. The molecule has 102 valence electrons. The molecular weight excluding hydrogens is 260 g/mol. The lowest BCUT2D eigenvalue weighted by atomic mass is 10.3. The second-order valence-corrected chi connectivity index (χ2v) is 5.19. The maximum atomic E-state index is 5.49. The molecule has 0 atom stereocenters. The summed E-state index contributed by atoms with van der Waals surface area (Å²) in [5, 5.41) is 4.56. The van der Waals surface area contributed by atoms with Gasteiger partial charge in [0.05, 0.1) is 5.69 Å². The van der Waals surface area contributed by atoms with Crippen molar-refractivity contribution in [3.63, 3.8) is 0 Å². The molecule has 2 aromatic heterocycles. The second kappa shape index (κ2) is 6.68. The number of hydrogen-bond donors (Lipinski definition) is 1. The van der Waals surface area contributed by atoms with Crippen LogP contribution in [0.5, 0.6) is 0 Å². The van der Waals surface area contributed by atoms with Gasteiger partial charge >= 0.3 is 0 Å². The summed E-state index contributed by atoms with van der Waals surface area (Å²) in [6, 6.07) is 0. The van der Waals surface area contributed by atoms with Crippen molar-refractivity contribution in [3.8, 4) is 0 Å². The molecule has 0 bridgehead atoms. The third kappa shape index (κ3) is 4.04. The Kier molecular flexibility index (Phi) is 4.93. The molecule has 0 fully saturated rings. The molecule has 0 radical (unpaired) electrons. The van der Waals surface area contributed by atoms with Gasteiger partial charge in [-0.2, -0.15) is 0 Å². The summed E-state index contributed by atoms with van der Waals surface area (Å²) in [4.78, 5) is 12.9. The molecule has 2 rings (SSSR count). The topological polar surface area (TPSA) is 63.8 Å². The summed E-state index contributed by atoms with van der Waals surface area (Å²) in [6.45, 7) is 7.77. The second-order valence-electron chi connectivity index (χ2n) is 4.27. The quantitative estimate of drug-likeness (QED) is 0.647. The lowest BCUT2D eigenvalue weighted by Gasteiger charge is -2.02. The van der Waals surface area contributed by atoms with Crippen molar-refractivity contribution in [2.75, 3.05) is 6.54 Å². The highest BCUT2D eigenvalue weighted by Crippen LogP contribution is 2.25. The van der Waals surface area contributed by atoms with Gasteiger partial charge in [0.1, 0.15) is 5.76 Å². The summed E-state index contributed by atoms with van der Waals surface area (Å²) >= 11 is 1.34. The largest absolute Gasteiger partial charge is 0.436 e. The normalized spacial score (nSPS) is 10.9. The van der Waals surface area contributed by atoms with Crippen LogP contribution >= 0.6 is 11.8 Å². The molecule has 2 heterocycles. The number of oxazole rings is 1. The minimum Gasteiger partial charge on any atom is -0.436 e. The average molecular weight is 278 g/mol. The molecule has 0 aliphatic rings. The first kappa shape index (κ1) is 14.0. The number of hydrogen-bond acceptors (Lipinski definition) is 6. The van der Waals surface area contributed by atoms with Crippen LogP contribution < -0.4 is 5.32 Å². The van der Waals surface area contributed by atoms with Gasteiger partial charge in [0.15, 0.2) is 5.16 Å². The van der Waals surface area contributed by atoms with Gasteiger partial charge in [0, 0.05) is 36.3 Å². The van der Waals surface area contributed by atoms with E-state index in [0.29, 0.717) is 10.4 Å². The highest BCUT2D eigenvalue weighted by Gasteiger charge is 2.09. The zero-order valence-corrected chi connectivity index (χ0v) is 12.3. The fraction of sp³-hybridized carbons (Fsp3) is 0.462. The Bertz CT molecular complexity index is 504. The van der Waals surface area contributed by atoms with Gasteiger partial charge < -0.3 is 9.73 Å². The van der Waals surface area contributed by atoms with Gasteiger partial charge in [-0.1, -0.05) is 6.92 Å². The molecule has 0 aliphatic heterocycles. The van der Waals surface area contributed by atoms with E-state index in [0.717, 1.165) is 36.5 Å². The van der Waals surface area contributed by atoms with E-state index in [1.165, 1.54) is 11.8 Å². The molecule has 1 N–H and O–H groups in total. The highest BCUT2D eigenvalue weighted by atomic mass is 32.2. The van der Waals surface area contributed by atoms with Gasteiger partial charge in [-0.05, 0) is 26.8 Å². The summed E-state index contributed by atoms with van der Waals surface area (Å²) < 4.78 is 5.49. The molecule has 0 saturated heterocycles. The molecule has 2 aromatic rings. The summed E-state index contributed by atoms with van der Waals surface area (Å²) in [5.41, 5.74) is 1.99. The smallest absolute Gasteiger partial charge is 0.264 e.